The molecule has 0 aromatic heterocycles. The summed E-state index contributed by atoms with van der Waals surface area (Å²) in [5, 5.41) is 9.35. The molecule has 0 aromatic carbocycles. The quantitative estimate of drug-likeness (QED) is 0.552. The number of hydrogen-bond donors (Lipinski definition) is 2. The third-order valence-electron chi connectivity index (χ3n) is 1.53. The average molecular weight is 143 g/mol. The Kier molecular flexibility index (Phi) is 3.09. The first-order valence-corrected chi connectivity index (χ1v) is 3.20. The molecule has 0 bridgehead atoms. The third-order valence-corrected chi connectivity index (χ3v) is 1.53. The van der Waals surface area contributed by atoms with E-state index in [4.69, 9.17) is 5.73 Å². The highest BCUT2D eigenvalue weighted by Crippen LogP contribution is 2.13. The molecular formula is C7H13NO2. The van der Waals surface area contributed by atoms with E-state index in [1.807, 2.05) is 0 Å². The molecule has 0 aliphatic rings. The van der Waals surface area contributed by atoms with Crippen LogP contribution in [0.3, 0.4) is 0 Å². The number of hydrogen-bond acceptors (Lipinski definition) is 2. The Morgan fingerprint density at radius 2 is 2.40 bits per heavy atom. The van der Waals surface area contributed by atoms with Gasteiger partial charge >= 0.3 is 0 Å². The van der Waals surface area contributed by atoms with Crippen LogP contribution in [0.4, 0.5) is 0 Å². The van der Waals surface area contributed by atoms with Gasteiger partial charge in [0, 0.05) is 6.42 Å². The molecule has 0 aliphatic carbocycles. The van der Waals surface area contributed by atoms with E-state index < -0.39 is 11.5 Å². The number of primary amides is 1. The van der Waals surface area contributed by atoms with Gasteiger partial charge in [-0.05, 0) is 6.42 Å². The van der Waals surface area contributed by atoms with Gasteiger partial charge in [-0.3, -0.25) is 4.79 Å². The van der Waals surface area contributed by atoms with Crippen LogP contribution in [0.5, 0.6) is 0 Å². The zero-order valence-electron chi connectivity index (χ0n) is 6.13. The van der Waals surface area contributed by atoms with Crippen LogP contribution < -0.4 is 5.73 Å². The van der Waals surface area contributed by atoms with Crippen molar-refractivity contribution in [3.8, 4) is 0 Å². The average Bonchev–Trinajstić information content (AvgIpc) is 1.88. The van der Waals surface area contributed by atoms with Crippen molar-refractivity contribution in [1.29, 1.82) is 0 Å². The van der Waals surface area contributed by atoms with Crippen LogP contribution >= 0.6 is 0 Å². The second-order valence-corrected chi connectivity index (χ2v) is 2.24. The Morgan fingerprint density at radius 3 is 2.50 bits per heavy atom. The minimum atomic E-state index is -1.39. The highest BCUT2D eigenvalue weighted by Gasteiger charge is 2.29. The van der Waals surface area contributed by atoms with Gasteiger partial charge in [-0.1, -0.05) is 13.0 Å². The lowest BCUT2D eigenvalue weighted by Crippen LogP contribution is -2.42. The van der Waals surface area contributed by atoms with Gasteiger partial charge in [0.1, 0.15) is 5.60 Å². The Morgan fingerprint density at radius 1 is 1.90 bits per heavy atom. The van der Waals surface area contributed by atoms with Crippen molar-refractivity contribution in [2.24, 2.45) is 5.73 Å². The molecule has 3 N–H and O–H groups in total. The smallest absolute Gasteiger partial charge is 0.249 e. The lowest BCUT2D eigenvalue weighted by atomic mass is 9.96. The lowest BCUT2D eigenvalue weighted by molar-refractivity contribution is -0.136. The van der Waals surface area contributed by atoms with E-state index in [9.17, 15) is 9.90 Å². The predicted octanol–water partition coefficient (Wildman–Crippen LogP) is 0.189. The van der Waals surface area contributed by atoms with Gasteiger partial charge in [0.2, 0.25) is 5.91 Å². The number of carbonyl (C=O) groups is 1. The molecule has 0 saturated heterocycles. The van der Waals surface area contributed by atoms with Crippen LogP contribution in [-0.2, 0) is 4.79 Å². The van der Waals surface area contributed by atoms with E-state index >= 15 is 0 Å². The summed E-state index contributed by atoms with van der Waals surface area (Å²) in [5.74, 6) is -0.685. The number of aliphatic hydroxyl groups is 1. The van der Waals surface area contributed by atoms with Crippen molar-refractivity contribution >= 4 is 5.91 Å². The number of nitrogens with two attached hydrogens (primary N) is 1. The van der Waals surface area contributed by atoms with E-state index in [-0.39, 0.29) is 6.42 Å². The molecule has 1 atom stereocenters. The second-order valence-electron chi connectivity index (χ2n) is 2.24. The summed E-state index contributed by atoms with van der Waals surface area (Å²) in [4.78, 5) is 10.6. The van der Waals surface area contributed by atoms with Crippen LogP contribution in [0.2, 0.25) is 0 Å². The van der Waals surface area contributed by atoms with Crippen LogP contribution in [0.1, 0.15) is 19.8 Å². The van der Waals surface area contributed by atoms with Crippen molar-refractivity contribution in [2.45, 2.75) is 25.4 Å². The SMILES string of the molecule is C=CCC(O)(CC)C(N)=O. The number of amides is 1. The maximum atomic E-state index is 10.6. The maximum absolute atomic E-state index is 10.6. The zero-order valence-corrected chi connectivity index (χ0v) is 6.13. The van der Waals surface area contributed by atoms with Gasteiger partial charge in [-0.25, -0.2) is 0 Å². The van der Waals surface area contributed by atoms with E-state index in [1.54, 1.807) is 6.92 Å². The fourth-order valence-electron chi connectivity index (χ4n) is 0.658. The van der Waals surface area contributed by atoms with Crippen LogP contribution in [-0.4, -0.2) is 16.6 Å². The highest BCUT2D eigenvalue weighted by atomic mass is 16.3. The lowest BCUT2D eigenvalue weighted by Gasteiger charge is -2.20. The molecule has 10 heavy (non-hydrogen) atoms. The summed E-state index contributed by atoms with van der Waals surface area (Å²) in [7, 11) is 0. The first-order valence-electron chi connectivity index (χ1n) is 3.20. The Labute approximate surface area is 60.5 Å². The van der Waals surface area contributed by atoms with Crippen molar-refractivity contribution in [2.75, 3.05) is 0 Å². The van der Waals surface area contributed by atoms with Crippen LogP contribution in [0.25, 0.3) is 0 Å². The van der Waals surface area contributed by atoms with E-state index in [1.165, 1.54) is 6.08 Å². The van der Waals surface area contributed by atoms with Gasteiger partial charge < -0.3 is 10.8 Å². The second kappa shape index (κ2) is 3.37. The number of rotatable bonds is 4. The van der Waals surface area contributed by atoms with Gasteiger partial charge in [-0.15, -0.1) is 6.58 Å². The minimum absolute atomic E-state index is 0.221. The maximum Gasteiger partial charge on any atom is 0.249 e. The first-order chi connectivity index (χ1) is 4.56. The van der Waals surface area contributed by atoms with E-state index in [2.05, 4.69) is 6.58 Å². The molecule has 0 spiro atoms. The van der Waals surface area contributed by atoms with Gasteiger partial charge in [0.15, 0.2) is 0 Å². The largest absolute Gasteiger partial charge is 0.380 e. The van der Waals surface area contributed by atoms with Crippen molar-refractivity contribution in [3.63, 3.8) is 0 Å². The zero-order chi connectivity index (χ0) is 8.20. The monoisotopic (exact) mass is 143 g/mol. The molecular weight excluding hydrogens is 130 g/mol. The Bertz CT molecular complexity index is 145. The van der Waals surface area contributed by atoms with E-state index in [0.717, 1.165) is 0 Å². The summed E-state index contributed by atoms with van der Waals surface area (Å²) in [5.41, 5.74) is 3.54. The minimum Gasteiger partial charge on any atom is -0.380 e. The third kappa shape index (κ3) is 1.84. The normalized spacial score (nSPS) is 15.8. The molecule has 0 saturated carbocycles. The summed E-state index contributed by atoms with van der Waals surface area (Å²) >= 11 is 0. The summed E-state index contributed by atoms with van der Waals surface area (Å²) < 4.78 is 0. The van der Waals surface area contributed by atoms with Gasteiger partial charge in [0.25, 0.3) is 0 Å². The fraction of sp³-hybridized carbons (Fsp3) is 0.571. The summed E-state index contributed by atoms with van der Waals surface area (Å²) in [6.07, 6.45) is 2.03. The Balaban J connectivity index is 4.21. The standard InChI is InChI=1S/C7H13NO2/c1-3-5-7(10,4-2)6(8)9/h3,10H,1,4-5H2,2H3,(H2,8,9). The molecule has 0 radical (unpaired) electrons. The molecule has 0 aliphatic heterocycles. The molecule has 3 nitrogen and oxygen atoms in total. The Hall–Kier alpha value is -0.830. The molecule has 0 aromatic rings. The highest BCUT2D eigenvalue weighted by molar-refractivity contribution is 5.83. The molecule has 0 rings (SSSR count). The molecule has 1 amide bonds. The van der Waals surface area contributed by atoms with Crippen molar-refractivity contribution in [3.05, 3.63) is 12.7 Å². The molecule has 3 heteroatoms. The van der Waals surface area contributed by atoms with E-state index in [0.29, 0.717) is 6.42 Å². The summed E-state index contributed by atoms with van der Waals surface area (Å²) in [6.45, 7) is 5.11. The van der Waals surface area contributed by atoms with Crippen LogP contribution in [0, 0.1) is 0 Å². The fourth-order valence-corrected chi connectivity index (χ4v) is 0.658. The molecule has 58 valence electrons. The topological polar surface area (TPSA) is 63.3 Å². The molecule has 1 unspecified atom stereocenters. The van der Waals surface area contributed by atoms with Crippen molar-refractivity contribution in [1.82, 2.24) is 0 Å². The molecule has 0 fully saturated rings. The predicted molar refractivity (Wildman–Crippen MR) is 39.2 cm³/mol. The first kappa shape index (κ1) is 9.17. The van der Waals surface area contributed by atoms with Crippen LogP contribution in [0.15, 0.2) is 12.7 Å². The van der Waals surface area contributed by atoms with Crippen molar-refractivity contribution < 1.29 is 9.90 Å². The van der Waals surface area contributed by atoms with Gasteiger partial charge in [0.05, 0.1) is 0 Å². The number of carbonyl (C=O) groups excluding carboxylic acids is 1. The molecule has 0 heterocycles. The van der Waals surface area contributed by atoms with Gasteiger partial charge in [-0.2, -0.15) is 0 Å². The summed E-state index contributed by atoms with van der Waals surface area (Å²) in [6, 6.07) is 0.